The van der Waals surface area contributed by atoms with Gasteiger partial charge in [0.1, 0.15) is 0 Å². The Balaban J connectivity index is 4.00. The van der Waals surface area contributed by atoms with E-state index in [2.05, 4.69) is 5.16 Å². The van der Waals surface area contributed by atoms with Gasteiger partial charge in [0, 0.05) is 26.4 Å². The summed E-state index contributed by atoms with van der Waals surface area (Å²) in [4.78, 5) is 14.7. The van der Waals surface area contributed by atoms with Crippen molar-refractivity contribution in [3.8, 4) is 0 Å². The van der Waals surface area contributed by atoms with Crippen LogP contribution in [0.1, 0.15) is 0 Å². The van der Waals surface area contributed by atoms with E-state index in [1.54, 1.807) is 14.1 Å². The summed E-state index contributed by atoms with van der Waals surface area (Å²) in [5.74, 6) is 0.461. The lowest BCUT2D eigenvalue weighted by atomic mass is 10.6. The highest BCUT2D eigenvalue weighted by atomic mass is 32.2. The molecule has 0 aliphatic carbocycles. The van der Waals surface area contributed by atoms with Crippen molar-refractivity contribution in [3.63, 3.8) is 0 Å². The van der Waals surface area contributed by atoms with Gasteiger partial charge in [-0.25, -0.2) is 0 Å². The van der Waals surface area contributed by atoms with Gasteiger partial charge in [-0.2, -0.15) is 0 Å². The molecule has 6 heteroatoms. The Morgan fingerprint density at radius 2 is 1.93 bits per heavy atom. The second-order valence-corrected chi connectivity index (χ2v) is 4.34. The Labute approximate surface area is 88.7 Å². The number of nitrogens with zero attached hydrogens (tertiary/aromatic N) is 3. The molecule has 0 fully saturated rings. The topological polar surface area (TPSA) is 56.1 Å². The first-order valence-corrected chi connectivity index (χ1v) is 5.18. The molecule has 0 saturated carbocycles. The summed E-state index contributed by atoms with van der Waals surface area (Å²) >= 11 is 1.25. The average molecular weight is 219 g/mol. The average Bonchev–Trinajstić information content (AvgIpc) is 2.10. The molecule has 0 spiro atoms. The van der Waals surface area contributed by atoms with Gasteiger partial charge >= 0.3 is 0 Å². The van der Waals surface area contributed by atoms with Crippen LogP contribution in [0.3, 0.4) is 0 Å². The predicted octanol–water partition coefficient (Wildman–Crippen LogP) is 0.157. The molecule has 1 amide bonds. The summed E-state index contributed by atoms with van der Waals surface area (Å²) in [5, 5.41) is 11.7. The Morgan fingerprint density at radius 3 is 2.29 bits per heavy atom. The highest BCUT2D eigenvalue weighted by Gasteiger charge is 2.14. The minimum Gasteiger partial charge on any atom is -0.410 e. The number of hydrogen-bond acceptors (Lipinski definition) is 5. The minimum absolute atomic E-state index is 0.136. The van der Waals surface area contributed by atoms with E-state index in [-0.39, 0.29) is 11.0 Å². The Hall–Kier alpha value is -0.750. The van der Waals surface area contributed by atoms with Crippen molar-refractivity contribution in [1.29, 1.82) is 0 Å². The number of rotatable bonds is 3. The molecule has 0 radical (unpaired) electrons. The molecule has 1 N–H and O–H groups in total. The van der Waals surface area contributed by atoms with Crippen molar-refractivity contribution < 1.29 is 10.0 Å². The zero-order valence-electron chi connectivity index (χ0n) is 9.02. The lowest BCUT2D eigenvalue weighted by Gasteiger charge is -2.12. The SMILES string of the molecule is CN(C)CCS/C(=N\O)C(=O)N(C)C. The van der Waals surface area contributed by atoms with Gasteiger partial charge in [-0.1, -0.05) is 16.9 Å². The highest BCUT2D eigenvalue weighted by Crippen LogP contribution is 2.06. The standard InChI is InChI=1S/C8H17N3O2S/c1-10(2)5-6-14-7(9-13)8(12)11(3)4/h13H,5-6H2,1-4H3/b9-7-. The Kier molecular flexibility index (Phi) is 6.31. The fourth-order valence-corrected chi connectivity index (χ4v) is 1.66. The zero-order valence-corrected chi connectivity index (χ0v) is 9.84. The van der Waals surface area contributed by atoms with E-state index in [0.29, 0.717) is 0 Å². The smallest absolute Gasteiger partial charge is 0.282 e. The first-order chi connectivity index (χ1) is 6.49. The molecule has 0 rings (SSSR count). The summed E-state index contributed by atoms with van der Waals surface area (Å²) in [6, 6.07) is 0. The largest absolute Gasteiger partial charge is 0.410 e. The van der Waals surface area contributed by atoms with Gasteiger partial charge in [-0.05, 0) is 14.1 Å². The van der Waals surface area contributed by atoms with Gasteiger partial charge in [0.15, 0.2) is 0 Å². The van der Waals surface area contributed by atoms with Crippen molar-refractivity contribution in [1.82, 2.24) is 9.80 Å². The fourth-order valence-electron chi connectivity index (χ4n) is 0.650. The van der Waals surface area contributed by atoms with Gasteiger partial charge in [0.2, 0.25) is 5.04 Å². The minimum atomic E-state index is -0.267. The summed E-state index contributed by atoms with van der Waals surface area (Å²) in [6.45, 7) is 0.838. The summed E-state index contributed by atoms with van der Waals surface area (Å²) in [5.41, 5.74) is 0. The predicted molar refractivity (Wildman–Crippen MR) is 58.9 cm³/mol. The van der Waals surface area contributed by atoms with E-state index in [1.807, 2.05) is 19.0 Å². The fraction of sp³-hybridized carbons (Fsp3) is 0.750. The molecule has 82 valence electrons. The third-order valence-electron chi connectivity index (χ3n) is 1.46. The van der Waals surface area contributed by atoms with Crippen LogP contribution in [0, 0.1) is 0 Å². The molecular formula is C8H17N3O2S. The van der Waals surface area contributed by atoms with Gasteiger partial charge in [0.05, 0.1) is 0 Å². The molecule has 0 aliphatic heterocycles. The van der Waals surface area contributed by atoms with Crippen molar-refractivity contribution in [3.05, 3.63) is 0 Å². The third kappa shape index (κ3) is 5.08. The molecule has 0 aliphatic rings. The van der Waals surface area contributed by atoms with Crippen LogP contribution in [0.2, 0.25) is 0 Å². The number of hydrogen-bond donors (Lipinski definition) is 1. The van der Waals surface area contributed by atoms with E-state index < -0.39 is 0 Å². The lowest BCUT2D eigenvalue weighted by molar-refractivity contribution is -0.121. The van der Waals surface area contributed by atoms with Gasteiger partial charge in [0.25, 0.3) is 5.91 Å². The van der Waals surface area contributed by atoms with Crippen molar-refractivity contribution in [2.45, 2.75) is 0 Å². The van der Waals surface area contributed by atoms with Crippen LogP contribution >= 0.6 is 11.8 Å². The van der Waals surface area contributed by atoms with Gasteiger partial charge < -0.3 is 15.0 Å². The summed E-state index contributed by atoms with van der Waals surface area (Å²) in [6.07, 6.45) is 0. The maximum absolute atomic E-state index is 11.4. The summed E-state index contributed by atoms with van der Waals surface area (Å²) in [7, 11) is 7.15. The van der Waals surface area contributed by atoms with Crippen LogP contribution < -0.4 is 0 Å². The Morgan fingerprint density at radius 1 is 1.36 bits per heavy atom. The Bertz CT molecular complexity index is 217. The lowest BCUT2D eigenvalue weighted by Crippen LogP contribution is -2.29. The van der Waals surface area contributed by atoms with E-state index in [0.717, 1.165) is 12.3 Å². The molecule has 0 bridgehead atoms. The molecule has 0 aromatic rings. The number of thioether (sulfide) groups is 1. The molecule has 0 heterocycles. The van der Waals surface area contributed by atoms with E-state index in [4.69, 9.17) is 5.21 Å². The second-order valence-electron chi connectivity index (χ2n) is 3.26. The van der Waals surface area contributed by atoms with Crippen molar-refractivity contribution in [2.24, 2.45) is 5.16 Å². The van der Waals surface area contributed by atoms with E-state index >= 15 is 0 Å². The third-order valence-corrected chi connectivity index (χ3v) is 2.37. The molecule has 5 nitrogen and oxygen atoms in total. The molecule has 0 unspecified atom stereocenters. The molecule has 0 saturated heterocycles. The number of carbonyl (C=O) groups is 1. The van der Waals surface area contributed by atoms with Gasteiger partial charge in [-0.3, -0.25) is 4.79 Å². The molecule has 14 heavy (non-hydrogen) atoms. The van der Waals surface area contributed by atoms with Crippen LogP contribution in [-0.4, -0.2) is 66.4 Å². The van der Waals surface area contributed by atoms with E-state index in [1.165, 1.54) is 16.7 Å². The van der Waals surface area contributed by atoms with Crippen LogP contribution in [0.25, 0.3) is 0 Å². The van der Waals surface area contributed by atoms with Gasteiger partial charge in [-0.15, -0.1) is 0 Å². The second kappa shape index (κ2) is 6.67. The van der Waals surface area contributed by atoms with Crippen molar-refractivity contribution >= 4 is 22.7 Å². The van der Waals surface area contributed by atoms with Crippen LogP contribution in [0.5, 0.6) is 0 Å². The van der Waals surface area contributed by atoms with Crippen molar-refractivity contribution in [2.75, 3.05) is 40.5 Å². The normalized spacial score (nSPS) is 11.9. The monoisotopic (exact) mass is 219 g/mol. The highest BCUT2D eigenvalue weighted by molar-refractivity contribution is 8.15. The molecule has 0 aromatic carbocycles. The first-order valence-electron chi connectivity index (χ1n) is 4.20. The first kappa shape index (κ1) is 13.2. The van der Waals surface area contributed by atoms with Crippen LogP contribution in [0.4, 0.5) is 0 Å². The zero-order chi connectivity index (χ0) is 11.1. The molecule has 0 aromatic heterocycles. The number of carbonyl (C=O) groups excluding carboxylic acids is 1. The maximum atomic E-state index is 11.4. The maximum Gasteiger partial charge on any atom is 0.282 e. The summed E-state index contributed by atoms with van der Waals surface area (Å²) < 4.78 is 0. The van der Waals surface area contributed by atoms with E-state index in [9.17, 15) is 4.79 Å². The quantitative estimate of drug-likeness (QED) is 0.318. The molecule has 0 atom stereocenters. The van der Waals surface area contributed by atoms with Crippen LogP contribution in [0.15, 0.2) is 5.16 Å². The number of oxime groups is 1. The number of amides is 1. The van der Waals surface area contributed by atoms with Crippen LogP contribution in [-0.2, 0) is 4.79 Å². The molecular weight excluding hydrogens is 202 g/mol.